The van der Waals surface area contributed by atoms with Crippen molar-refractivity contribution in [3.8, 4) is 0 Å². The molecule has 0 spiro atoms. The zero-order valence-corrected chi connectivity index (χ0v) is 12.9. The summed E-state index contributed by atoms with van der Waals surface area (Å²) in [5, 5.41) is 11.5. The molecule has 2 N–H and O–H groups in total. The van der Waals surface area contributed by atoms with Gasteiger partial charge in [0, 0.05) is 18.5 Å². The summed E-state index contributed by atoms with van der Waals surface area (Å²) < 4.78 is 0. The number of carbonyl (C=O) groups is 2. The Morgan fingerprint density at radius 1 is 1.05 bits per heavy atom. The van der Waals surface area contributed by atoms with Crippen LogP contribution in [-0.4, -0.2) is 23.5 Å². The Morgan fingerprint density at radius 2 is 1.71 bits per heavy atom. The first-order chi connectivity index (χ1) is 10.0. The molecule has 0 radical (unpaired) electrons. The minimum Gasteiger partial charge on any atom is -0.481 e. The number of carboxylic acid groups (broad SMARTS) is 1. The van der Waals surface area contributed by atoms with E-state index in [0.717, 1.165) is 48.8 Å². The van der Waals surface area contributed by atoms with Gasteiger partial charge in [0.15, 0.2) is 0 Å². The molecular formula is C17H25NO3. The number of benzene rings is 1. The Kier molecular flexibility index (Phi) is 7.51. The minimum absolute atomic E-state index is 0.0154. The number of amides is 1. The largest absolute Gasteiger partial charge is 0.481 e. The summed E-state index contributed by atoms with van der Waals surface area (Å²) in [6, 6.07) is 5.83. The third-order valence-corrected chi connectivity index (χ3v) is 3.48. The third kappa shape index (κ3) is 6.93. The van der Waals surface area contributed by atoms with E-state index in [2.05, 4.69) is 5.32 Å². The maximum Gasteiger partial charge on any atom is 0.303 e. The molecule has 1 amide bonds. The highest BCUT2D eigenvalue weighted by Gasteiger charge is 2.07. The average Bonchev–Trinajstić information content (AvgIpc) is 2.41. The van der Waals surface area contributed by atoms with Crippen LogP contribution in [0, 0.1) is 13.8 Å². The van der Waals surface area contributed by atoms with Crippen LogP contribution < -0.4 is 5.32 Å². The van der Waals surface area contributed by atoms with Gasteiger partial charge in [0.1, 0.15) is 0 Å². The van der Waals surface area contributed by atoms with Gasteiger partial charge < -0.3 is 10.4 Å². The second-order valence-corrected chi connectivity index (χ2v) is 5.49. The van der Waals surface area contributed by atoms with E-state index in [4.69, 9.17) is 5.11 Å². The second kappa shape index (κ2) is 9.16. The smallest absolute Gasteiger partial charge is 0.303 e. The van der Waals surface area contributed by atoms with Crippen molar-refractivity contribution in [3.63, 3.8) is 0 Å². The quantitative estimate of drug-likeness (QED) is 0.685. The maximum absolute atomic E-state index is 12.0. The van der Waals surface area contributed by atoms with Gasteiger partial charge in [-0.2, -0.15) is 0 Å². The molecule has 0 bridgehead atoms. The van der Waals surface area contributed by atoms with Gasteiger partial charge in [-0.1, -0.05) is 37.0 Å². The van der Waals surface area contributed by atoms with Crippen molar-refractivity contribution >= 4 is 11.9 Å². The fraction of sp³-hybridized carbons (Fsp3) is 0.529. The van der Waals surface area contributed by atoms with E-state index in [1.165, 1.54) is 0 Å². The molecule has 0 fully saturated rings. The predicted octanol–water partition coefficient (Wildman–Crippen LogP) is 3.46. The van der Waals surface area contributed by atoms with E-state index in [-0.39, 0.29) is 12.3 Å². The van der Waals surface area contributed by atoms with E-state index in [1.54, 1.807) is 0 Å². The number of hydrogen-bond acceptors (Lipinski definition) is 2. The Hall–Kier alpha value is -1.84. The molecule has 0 aromatic heterocycles. The molecule has 0 saturated heterocycles. The molecule has 0 heterocycles. The molecule has 0 atom stereocenters. The highest BCUT2D eigenvalue weighted by atomic mass is 16.4. The zero-order chi connectivity index (χ0) is 15.7. The second-order valence-electron chi connectivity index (χ2n) is 5.49. The monoisotopic (exact) mass is 291 g/mol. The fourth-order valence-corrected chi connectivity index (χ4v) is 2.30. The average molecular weight is 291 g/mol. The van der Waals surface area contributed by atoms with Crippen LogP contribution in [0.25, 0.3) is 0 Å². The van der Waals surface area contributed by atoms with Crippen molar-refractivity contribution in [2.24, 2.45) is 0 Å². The van der Waals surface area contributed by atoms with Gasteiger partial charge in [-0.05, 0) is 38.3 Å². The van der Waals surface area contributed by atoms with Crippen molar-refractivity contribution in [3.05, 3.63) is 34.9 Å². The van der Waals surface area contributed by atoms with Crippen molar-refractivity contribution < 1.29 is 14.7 Å². The molecule has 116 valence electrons. The first-order valence-corrected chi connectivity index (χ1v) is 7.58. The first kappa shape index (κ1) is 17.2. The van der Waals surface area contributed by atoms with Crippen molar-refractivity contribution in [2.45, 2.75) is 52.4 Å². The van der Waals surface area contributed by atoms with E-state index in [9.17, 15) is 9.59 Å². The summed E-state index contributed by atoms with van der Waals surface area (Å²) in [7, 11) is 0. The molecule has 1 aromatic rings. The molecule has 0 aliphatic heterocycles. The van der Waals surface area contributed by atoms with Crippen LogP contribution in [0.2, 0.25) is 0 Å². The summed E-state index contributed by atoms with van der Waals surface area (Å²) in [5.41, 5.74) is 2.90. The van der Waals surface area contributed by atoms with Gasteiger partial charge in [-0.15, -0.1) is 0 Å². The lowest BCUT2D eigenvalue weighted by Crippen LogP contribution is -2.25. The molecule has 0 aliphatic carbocycles. The molecule has 1 aromatic carbocycles. The van der Waals surface area contributed by atoms with Crippen LogP contribution in [0.15, 0.2) is 18.2 Å². The minimum atomic E-state index is -0.726. The number of hydrogen-bond donors (Lipinski definition) is 2. The van der Waals surface area contributed by atoms with E-state index < -0.39 is 5.97 Å². The summed E-state index contributed by atoms with van der Waals surface area (Å²) in [4.78, 5) is 22.4. The summed E-state index contributed by atoms with van der Waals surface area (Å²) >= 11 is 0. The Bertz CT molecular complexity index is 483. The first-order valence-electron chi connectivity index (χ1n) is 7.58. The van der Waals surface area contributed by atoms with Crippen LogP contribution >= 0.6 is 0 Å². The molecular weight excluding hydrogens is 266 g/mol. The molecule has 21 heavy (non-hydrogen) atoms. The van der Waals surface area contributed by atoms with E-state index >= 15 is 0 Å². The lowest BCUT2D eigenvalue weighted by Gasteiger charge is -2.08. The van der Waals surface area contributed by atoms with Crippen LogP contribution in [0.5, 0.6) is 0 Å². The van der Waals surface area contributed by atoms with Gasteiger partial charge in [-0.25, -0.2) is 0 Å². The van der Waals surface area contributed by atoms with Gasteiger partial charge in [0.05, 0.1) is 0 Å². The number of aryl methyl sites for hydroxylation is 2. The Balaban J connectivity index is 2.15. The van der Waals surface area contributed by atoms with Crippen molar-refractivity contribution in [2.75, 3.05) is 6.54 Å². The topological polar surface area (TPSA) is 66.4 Å². The molecule has 0 saturated carbocycles. The van der Waals surface area contributed by atoms with Crippen molar-refractivity contribution in [1.29, 1.82) is 0 Å². The standard InChI is InChI=1S/C17H25NO3/c1-13-9-10-15(14(2)12-13)17(21)18-11-7-5-3-4-6-8-16(19)20/h9-10,12H,3-8,11H2,1-2H3,(H,18,21)(H,19,20). The van der Waals surface area contributed by atoms with Crippen LogP contribution in [0.4, 0.5) is 0 Å². The number of carboxylic acids is 1. The van der Waals surface area contributed by atoms with Crippen LogP contribution in [-0.2, 0) is 4.79 Å². The molecule has 4 heteroatoms. The summed E-state index contributed by atoms with van der Waals surface area (Å²) in [6.07, 6.45) is 4.91. The lowest BCUT2D eigenvalue weighted by molar-refractivity contribution is -0.137. The lowest BCUT2D eigenvalue weighted by atomic mass is 10.1. The van der Waals surface area contributed by atoms with E-state index in [1.807, 2.05) is 32.0 Å². The summed E-state index contributed by atoms with van der Waals surface area (Å²) in [6.45, 7) is 4.63. The predicted molar refractivity (Wildman–Crippen MR) is 83.6 cm³/mol. The van der Waals surface area contributed by atoms with Gasteiger partial charge in [0.2, 0.25) is 0 Å². The number of rotatable bonds is 9. The Labute approximate surface area is 126 Å². The molecule has 0 aliphatic rings. The van der Waals surface area contributed by atoms with Crippen molar-refractivity contribution in [1.82, 2.24) is 5.32 Å². The highest BCUT2D eigenvalue weighted by Crippen LogP contribution is 2.10. The number of aliphatic carboxylic acids is 1. The SMILES string of the molecule is Cc1ccc(C(=O)NCCCCCCCC(=O)O)c(C)c1. The van der Waals surface area contributed by atoms with Gasteiger partial charge in [-0.3, -0.25) is 9.59 Å². The molecule has 1 rings (SSSR count). The van der Waals surface area contributed by atoms with Crippen LogP contribution in [0.3, 0.4) is 0 Å². The molecule has 4 nitrogen and oxygen atoms in total. The number of carbonyl (C=O) groups excluding carboxylic acids is 1. The number of nitrogens with one attached hydrogen (secondary N) is 1. The third-order valence-electron chi connectivity index (χ3n) is 3.48. The van der Waals surface area contributed by atoms with E-state index in [0.29, 0.717) is 6.54 Å². The number of unbranched alkanes of at least 4 members (excludes halogenated alkanes) is 4. The highest BCUT2D eigenvalue weighted by molar-refractivity contribution is 5.95. The van der Waals surface area contributed by atoms with Gasteiger partial charge >= 0.3 is 5.97 Å². The summed E-state index contributed by atoms with van der Waals surface area (Å²) in [5.74, 6) is -0.742. The fourth-order valence-electron chi connectivity index (χ4n) is 2.30. The zero-order valence-electron chi connectivity index (χ0n) is 12.9. The normalized spacial score (nSPS) is 10.4. The Morgan fingerprint density at radius 3 is 2.38 bits per heavy atom. The maximum atomic E-state index is 12.0. The molecule has 0 unspecified atom stereocenters. The van der Waals surface area contributed by atoms with Crippen LogP contribution in [0.1, 0.15) is 60.0 Å². The van der Waals surface area contributed by atoms with Gasteiger partial charge in [0.25, 0.3) is 5.91 Å².